The highest BCUT2D eigenvalue weighted by molar-refractivity contribution is 6.05. The minimum Gasteiger partial charge on any atom is -0.339 e. The molecular weight excluding hydrogens is 336 g/mol. The maximum atomic E-state index is 12.7. The molecule has 1 heterocycles. The SMILES string of the molecule is CC(C)c1ccccc1NC(=O)c1ccnc(Nc2ccccc2C#N)c1. The first-order valence-electron chi connectivity index (χ1n) is 8.71. The van der Waals surface area contributed by atoms with Crippen LogP contribution in [0.4, 0.5) is 17.2 Å². The van der Waals surface area contributed by atoms with Crippen molar-refractivity contribution in [3.8, 4) is 6.07 Å². The average Bonchev–Trinajstić information content (AvgIpc) is 2.69. The number of amides is 1. The second kappa shape index (κ2) is 8.15. The number of hydrogen-bond acceptors (Lipinski definition) is 4. The Hall–Kier alpha value is -3.65. The van der Waals surface area contributed by atoms with Gasteiger partial charge in [-0.25, -0.2) is 4.98 Å². The Balaban J connectivity index is 1.82. The van der Waals surface area contributed by atoms with Gasteiger partial charge in [0.15, 0.2) is 0 Å². The number of anilines is 3. The van der Waals surface area contributed by atoms with Gasteiger partial charge < -0.3 is 10.6 Å². The van der Waals surface area contributed by atoms with Crippen LogP contribution in [-0.4, -0.2) is 10.9 Å². The van der Waals surface area contributed by atoms with Gasteiger partial charge in [-0.05, 0) is 41.8 Å². The number of benzene rings is 2. The van der Waals surface area contributed by atoms with E-state index in [1.165, 1.54) is 0 Å². The zero-order valence-electron chi connectivity index (χ0n) is 15.2. The largest absolute Gasteiger partial charge is 0.339 e. The third-order valence-corrected chi connectivity index (χ3v) is 4.16. The van der Waals surface area contributed by atoms with Gasteiger partial charge in [0.25, 0.3) is 5.91 Å². The predicted molar refractivity (Wildman–Crippen MR) is 107 cm³/mol. The molecule has 0 unspecified atom stereocenters. The molecular formula is C22H20N4O. The summed E-state index contributed by atoms with van der Waals surface area (Å²) in [5, 5.41) is 15.3. The average molecular weight is 356 g/mol. The number of nitrogens with zero attached hydrogens (tertiary/aromatic N) is 2. The number of nitrogens with one attached hydrogen (secondary N) is 2. The first-order valence-corrected chi connectivity index (χ1v) is 8.71. The quantitative estimate of drug-likeness (QED) is 0.669. The van der Waals surface area contributed by atoms with Gasteiger partial charge in [-0.15, -0.1) is 0 Å². The normalized spacial score (nSPS) is 10.3. The summed E-state index contributed by atoms with van der Waals surface area (Å²) in [5.41, 5.74) is 3.54. The lowest BCUT2D eigenvalue weighted by Gasteiger charge is -2.14. The summed E-state index contributed by atoms with van der Waals surface area (Å²) in [6.45, 7) is 4.18. The second-order valence-corrected chi connectivity index (χ2v) is 6.41. The molecule has 0 aliphatic rings. The van der Waals surface area contributed by atoms with Crippen LogP contribution in [0.25, 0.3) is 0 Å². The van der Waals surface area contributed by atoms with E-state index in [0.717, 1.165) is 11.3 Å². The van der Waals surface area contributed by atoms with Crippen LogP contribution < -0.4 is 10.6 Å². The summed E-state index contributed by atoms with van der Waals surface area (Å²) in [4.78, 5) is 16.9. The maximum Gasteiger partial charge on any atom is 0.255 e. The molecule has 0 spiro atoms. The van der Waals surface area contributed by atoms with E-state index in [2.05, 4.69) is 35.5 Å². The van der Waals surface area contributed by atoms with Gasteiger partial charge in [-0.1, -0.05) is 44.2 Å². The Morgan fingerprint density at radius 1 is 1.04 bits per heavy atom. The van der Waals surface area contributed by atoms with Crippen LogP contribution in [0, 0.1) is 11.3 Å². The lowest BCUT2D eigenvalue weighted by molar-refractivity contribution is 0.102. The molecule has 27 heavy (non-hydrogen) atoms. The molecule has 5 nitrogen and oxygen atoms in total. The summed E-state index contributed by atoms with van der Waals surface area (Å²) in [7, 11) is 0. The number of hydrogen-bond donors (Lipinski definition) is 2. The number of para-hydroxylation sites is 2. The highest BCUT2D eigenvalue weighted by atomic mass is 16.1. The molecule has 2 N–H and O–H groups in total. The summed E-state index contributed by atoms with van der Waals surface area (Å²) >= 11 is 0. The van der Waals surface area contributed by atoms with E-state index in [-0.39, 0.29) is 5.91 Å². The molecule has 1 amide bonds. The van der Waals surface area contributed by atoms with Crippen molar-refractivity contribution < 1.29 is 4.79 Å². The van der Waals surface area contributed by atoms with Gasteiger partial charge in [-0.2, -0.15) is 5.26 Å². The topological polar surface area (TPSA) is 77.8 Å². The monoisotopic (exact) mass is 356 g/mol. The molecule has 0 atom stereocenters. The van der Waals surface area contributed by atoms with Crippen LogP contribution >= 0.6 is 0 Å². The minimum absolute atomic E-state index is 0.206. The summed E-state index contributed by atoms with van der Waals surface area (Å²) in [6, 6.07) is 20.4. The maximum absolute atomic E-state index is 12.7. The van der Waals surface area contributed by atoms with Crippen molar-refractivity contribution in [2.24, 2.45) is 0 Å². The highest BCUT2D eigenvalue weighted by Crippen LogP contribution is 2.25. The molecule has 0 saturated carbocycles. The van der Waals surface area contributed by atoms with Crippen molar-refractivity contribution in [1.29, 1.82) is 5.26 Å². The second-order valence-electron chi connectivity index (χ2n) is 6.41. The number of carbonyl (C=O) groups excluding carboxylic acids is 1. The zero-order chi connectivity index (χ0) is 19.2. The van der Waals surface area contributed by atoms with Crippen LogP contribution in [0.15, 0.2) is 66.9 Å². The van der Waals surface area contributed by atoms with Gasteiger partial charge >= 0.3 is 0 Å². The van der Waals surface area contributed by atoms with Gasteiger partial charge in [0, 0.05) is 17.4 Å². The fourth-order valence-corrected chi connectivity index (χ4v) is 2.78. The predicted octanol–water partition coefficient (Wildman–Crippen LogP) is 5.07. The van der Waals surface area contributed by atoms with Gasteiger partial charge in [0.1, 0.15) is 11.9 Å². The van der Waals surface area contributed by atoms with Crippen LogP contribution in [0.5, 0.6) is 0 Å². The highest BCUT2D eigenvalue weighted by Gasteiger charge is 2.12. The van der Waals surface area contributed by atoms with E-state index >= 15 is 0 Å². The molecule has 0 saturated heterocycles. The Labute approximate surface area is 158 Å². The van der Waals surface area contributed by atoms with Crippen LogP contribution in [-0.2, 0) is 0 Å². The summed E-state index contributed by atoms with van der Waals surface area (Å²) in [5.74, 6) is 0.600. The smallest absolute Gasteiger partial charge is 0.255 e. The van der Waals surface area contributed by atoms with Gasteiger partial charge in [0.05, 0.1) is 11.3 Å². The zero-order valence-corrected chi connectivity index (χ0v) is 15.2. The Kier molecular flexibility index (Phi) is 5.48. The van der Waals surface area contributed by atoms with E-state index in [1.54, 1.807) is 36.5 Å². The van der Waals surface area contributed by atoms with E-state index in [1.807, 2.05) is 30.3 Å². The van der Waals surface area contributed by atoms with Crippen molar-refractivity contribution >= 4 is 23.1 Å². The van der Waals surface area contributed by atoms with Crippen molar-refractivity contribution in [3.05, 3.63) is 83.6 Å². The molecule has 134 valence electrons. The number of carbonyl (C=O) groups is 1. The van der Waals surface area contributed by atoms with Gasteiger partial charge in [0.2, 0.25) is 0 Å². The van der Waals surface area contributed by atoms with Crippen LogP contribution in [0.3, 0.4) is 0 Å². The van der Waals surface area contributed by atoms with Crippen molar-refractivity contribution in [1.82, 2.24) is 4.98 Å². The molecule has 3 aromatic rings. The Bertz CT molecular complexity index is 1000. The van der Waals surface area contributed by atoms with E-state index in [9.17, 15) is 10.1 Å². The molecule has 0 fully saturated rings. The van der Waals surface area contributed by atoms with Crippen LogP contribution in [0.2, 0.25) is 0 Å². The van der Waals surface area contributed by atoms with E-state index in [4.69, 9.17) is 0 Å². The molecule has 0 aliphatic carbocycles. The number of pyridine rings is 1. The van der Waals surface area contributed by atoms with Crippen molar-refractivity contribution in [2.75, 3.05) is 10.6 Å². The summed E-state index contributed by atoms with van der Waals surface area (Å²) in [6.07, 6.45) is 1.57. The number of aromatic nitrogens is 1. The van der Waals surface area contributed by atoms with Crippen molar-refractivity contribution in [2.45, 2.75) is 19.8 Å². The summed E-state index contributed by atoms with van der Waals surface area (Å²) < 4.78 is 0. The first kappa shape index (κ1) is 18.2. The fraction of sp³-hybridized carbons (Fsp3) is 0.136. The first-order chi connectivity index (χ1) is 13.1. The van der Waals surface area contributed by atoms with Gasteiger partial charge in [-0.3, -0.25) is 4.79 Å². The third kappa shape index (κ3) is 4.31. The standard InChI is InChI=1S/C22H20N4O/c1-15(2)18-8-4-6-10-20(18)26-22(27)16-11-12-24-21(13-16)25-19-9-5-3-7-17(19)14-23/h3-13,15H,1-2H3,(H,24,25)(H,26,27). The molecule has 3 rings (SSSR count). The molecule has 2 aromatic carbocycles. The molecule has 0 bridgehead atoms. The Morgan fingerprint density at radius 2 is 1.74 bits per heavy atom. The van der Waals surface area contributed by atoms with Crippen molar-refractivity contribution in [3.63, 3.8) is 0 Å². The molecule has 0 radical (unpaired) electrons. The van der Waals surface area contributed by atoms with Crippen LogP contribution in [0.1, 0.15) is 41.3 Å². The van der Waals surface area contributed by atoms with E-state index in [0.29, 0.717) is 28.6 Å². The Morgan fingerprint density at radius 3 is 2.48 bits per heavy atom. The lowest BCUT2D eigenvalue weighted by Crippen LogP contribution is -2.14. The molecule has 0 aliphatic heterocycles. The molecule has 1 aromatic heterocycles. The fourth-order valence-electron chi connectivity index (χ4n) is 2.78. The minimum atomic E-state index is -0.206. The number of rotatable bonds is 5. The molecule has 5 heteroatoms. The number of nitriles is 1. The third-order valence-electron chi connectivity index (χ3n) is 4.16. The van der Waals surface area contributed by atoms with E-state index < -0.39 is 0 Å². The lowest BCUT2D eigenvalue weighted by atomic mass is 10.0.